The Labute approximate surface area is 180 Å². The Balaban J connectivity index is 1.41. The van der Waals surface area contributed by atoms with Crippen LogP contribution in [0.25, 0.3) is 21.9 Å². The van der Waals surface area contributed by atoms with Gasteiger partial charge in [0.05, 0.1) is 20.1 Å². The van der Waals surface area contributed by atoms with E-state index < -0.39 is 0 Å². The maximum Gasteiger partial charge on any atom is 0.233 e. The summed E-state index contributed by atoms with van der Waals surface area (Å²) >= 11 is 0. The topological polar surface area (TPSA) is 76.2 Å². The number of methoxy groups -OCH3 is 2. The van der Waals surface area contributed by atoms with Crippen molar-refractivity contribution >= 4 is 22.5 Å². The van der Waals surface area contributed by atoms with E-state index in [2.05, 4.69) is 27.4 Å². The summed E-state index contributed by atoms with van der Waals surface area (Å²) in [5, 5.41) is 5.07. The maximum absolute atomic E-state index is 13.1. The minimum atomic E-state index is -0.238. The number of aromatic nitrogens is 2. The Kier molecular flexibility index (Phi) is 4.82. The molecule has 0 bridgehead atoms. The summed E-state index contributed by atoms with van der Waals surface area (Å²) in [7, 11) is 3.25. The molecule has 31 heavy (non-hydrogen) atoms. The van der Waals surface area contributed by atoms with E-state index in [4.69, 9.17) is 9.47 Å². The molecule has 0 aliphatic heterocycles. The summed E-state index contributed by atoms with van der Waals surface area (Å²) in [6.45, 7) is 0. The number of aromatic amines is 1. The average molecular weight is 413 g/mol. The van der Waals surface area contributed by atoms with Crippen LogP contribution < -0.4 is 14.8 Å². The Morgan fingerprint density at radius 1 is 1.06 bits per heavy atom. The number of anilines is 1. The third-order valence-electron chi connectivity index (χ3n) is 5.96. The van der Waals surface area contributed by atoms with Crippen LogP contribution in [0.15, 0.2) is 61.1 Å². The van der Waals surface area contributed by atoms with Crippen molar-refractivity contribution in [2.75, 3.05) is 19.5 Å². The lowest BCUT2D eigenvalue weighted by atomic mass is 9.99. The number of ether oxygens (including phenoxy) is 2. The first-order valence-electron chi connectivity index (χ1n) is 10.3. The van der Waals surface area contributed by atoms with Gasteiger partial charge >= 0.3 is 0 Å². The van der Waals surface area contributed by atoms with Crippen molar-refractivity contribution in [3.8, 4) is 22.6 Å². The van der Waals surface area contributed by atoms with E-state index in [0.29, 0.717) is 11.6 Å². The van der Waals surface area contributed by atoms with E-state index in [9.17, 15) is 4.79 Å². The summed E-state index contributed by atoms with van der Waals surface area (Å²) in [5.41, 5.74) is 4.27. The summed E-state index contributed by atoms with van der Waals surface area (Å²) < 4.78 is 10.9. The molecule has 1 unspecified atom stereocenters. The molecule has 0 radical (unpaired) electrons. The molecule has 4 aromatic rings. The smallest absolute Gasteiger partial charge is 0.233 e. The van der Waals surface area contributed by atoms with Gasteiger partial charge in [-0.25, -0.2) is 4.98 Å². The number of hydrogen-bond acceptors (Lipinski definition) is 4. The minimum Gasteiger partial charge on any atom is -0.493 e. The molecule has 2 aromatic heterocycles. The molecule has 6 nitrogen and oxygen atoms in total. The molecule has 0 spiro atoms. The quantitative estimate of drug-likeness (QED) is 0.487. The van der Waals surface area contributed by atoms with E-state index in [0.717, 1.165) is 51.6 Å². The standard InChI is InChI=1S/C25H23N3O3/c1-30-22-8-7-19-20(24(22)31-2)5-6-21(19)25(29)28-23-12-18-11-15(17-9-10-26-13-17)3-4-16(18)14-27-23/h3-4,7-14,21,26H,5-6H2,1-2H3,(H,27,28,29). The summed E-state index contributed by atoms with van der Waals surface area (Å²) in [5.74, 6) is 1.67. The molecular formula is C25H23N3O3. The second-order valence-corrected chi connectivity index (χ2v) is 7.68. The fourth-order valence-electron chi connectivity index (χ4n) is 4.41. The average Bonchev–Trinajstić information content (AvgIpc) is 3.48. The first-order valence-corrected chi connectivity index (χ1v) is 10.3. The first kappa shape index (κ1) is 19.2. The Morgan fingerprint density at radius 2 is 1.97 bits per heavy atom. The van der Waals surface area contributed by atoms with Crippen molar-refractivity contribution in [2.45, 2.75) is 18.8 Å². The molecule has 0 fully saturated rings. The number of carbonyl (C=O) groups is 1. The molecule has 6 heteroatoms. The molecule has 1 aliphatic rings. The molecule has 1 atom stereocenters. The molecular weight excluding hydrogens is 390 g/mol. The van der Waals surface area contributed by atoms with Gasteiger partial charge in [-0.15, -0.1) is 0 Å². The van der Waals surface area contributed by atoms with Crippen molar-refractivity contribution in [1.82, 2.24) is 9.97 Å². The van der Waals surface area contributed by atoms with Gasteiger partial charge in [0.25, 0.3) is 0 Å². The number of rotatable bonds is 5. The van der Waals surface area contributed by atoms with Crippen LogP contribution in [-0.2, 0) is 11.2 Å². The van der Waals surface area contributed by atoms with Gasteiger partial charge in [-0.3, -0.25) is 4.79 Å². The molecule has 0 saturated carbocycles. The van der Waals surface area contributed by atoms with Crippen LogP contribution in [0.4, 0.5) is 5.82 Å². The molecule has 1 aliphatic carbocycles. The SMILES string of the molecule is COc1ccc2c(c1OC)CCC2C(=O)Nc1cc2cc(-c3cc[nH]c3)ccc2cn1. The van der Waals surface area contributed by atoms with Crippen LogP contribution in [0, 0.1) is 0 Å². The zero-order valence-corrected chi connectivity index (χ0v) is 17.4. The highest BCUT2D eigenvalue weighted by Crippen LogP contribution is 2.43. The zero-order chi connectivity index (χ0) is 21.4. The van der Waals surface area contributed by atoms with Crippen molar-refractivity contribution in [2.24, 2.45) is 0 Å². The number of nitrogens with one attached hydrogen (secondary N) is 2. The molecule has 0 saturated heterocycles. The lowest BCUT2D eigenvalue weighted by molar-refractivity contribution is -0.117. The Hall–Kier alpha value is -3.80. The lowest BCUT2D eigenvalue weighted by Gasteiger charge is -2.15. The van der Waals surface area contributed by atoms with E-state index in [1.807, 2.05) is 42.7 Å². The van der Waals surface area contributed by atoms with Crippen molar-refractivity contribution < 1.29 is 14.3 Å². The highest BCUT2D eigenvalue weighted by Gasteiger charge is 2.32. The first-order chi connectivity index (χ1) is 15.2. The van der Waals surface area contributed by atoms with Crippen LogP contribution in [0.1, 0.15) is 23.5 Å². The van der Waals surface area contributed by atoms with Gasteiger partial charge in [0.1, 0.15) is 5.82 Å². The number of H-pyrrole nitrogens is 1. The number of benzene rings is 2. The van der Waals surface area contributed by atoms with Gasteiger partial charge in [-0.1, -0.05) is 18.2 Å². The third kappa shape index (κ3) is 3.40. The van der Waals surface area contributed by atoms with Crippen LogP contribution >= 0.6 is 0 Å². The van der Waals surface area contributed by atoms with Crippen molar-refractivity contribution in [3.05, 3.63) is 72.2 Å². The second-order valence-electron chi connectivity index (χ2n) is 7.68. The van der Waals surface area contributed by atoms with Crippen LogP contribution in [-0.4, -0.2) is 30.1 Å². The summed E-state index contributed by atoms with van der Waals surface area (Å²) in [6, 6.07) is 14.0. The van der Waals surface area contributed by atoms with Gasteiger partial charge in [0.15, 0.2) is 11.5 Å². The predicted molar refractivity (Wildman–Crippen MR) is 121 cm³/mol. The third-order valence-corrected chi connectivity index (χ3v) is 5.96. The van der Waals surface area contributed by atoms with Gasteiger partial charge in [-0.05, 0) is 59.2 Å². The second kappa shape index (κ2) is 7.80. The Bertz CT molecular complexity index is 1260. The largest absolute Gasteiger partial charge is 0.493 e. The molecule has 156 valence electrons. The maximum atomic E-state index is 13.1. The van der Waals surface area contributed by atoms with Gasteiger partial charge in [-0.2, -0.15) is 0 Å². The molecule has 2 N–H and O–H groups in total. The van der Waals surface area contributed by atoms with Gasteiger partial charge in [0, 0.05) is 29.5 Å². The van der Waals surface area contributed by atoms with Crippen molar-refractivity contribution in [3.63, 3.8) is 0 Å². The lowest BCUT2D eigenvalue weighted by Crippen LogP contribution is -2.20. The number of hydrogen-bond donors (Lipinski definition) is 2. The highest BCUT2D eigenvalue weighted by atomic mass is 16.5. The van der Waals surface area contributed by atoms with E-state index in [1.165, 1.54) is 0 Å². The van der Waals surface area contributed by atoms with E-state index in [1.54, 1.807) is 20.4 Å². The van der Waals surface area contributed by atoms with E-state index in [-0.39, 0.29) is 11.8 Å². The molecule has 1 amide bonds. The van der Waals surface area contributed by atoms with Gasteiger partial charge < -0.3 is 19.8 Å². The monoisotopic (exact) mass is 413 g/mol. The molecule has 2 aromatic carbocycles. The molecule has 5 rings (SSSR count). The number of carbonyl (C=O) groups excluding carboxylic acids is 1. The molecule has 2 heterocycles. The fraction of sp³-hybridized carbons (Fsp3) is 0.200. The highest BCUT2D eigenvalue weighted by molar-refractivity contribution is 5.98. The van der Waals surface area contributed by atoms with Gasteiger partial charge in [0.2, 0.25) is 5.91 Å². The number of pyridine rings is 1. The van der Waals surface area contributed by atoms with Crippen LogP contribution in [0.2, 0.25) is 0 Å². The van der Waals surface area contributed by atoms with Crippen molar-refractivity contribution in [1.29, 1.82) is 0 Å². The number of nitrogens with zero attached hydrogens (tertiary/aromatic N) is 1. The minimum absolute atomic E-state index is 0.0559. The fourth-order valence-corrected chi connectivity index (χ4v) is 4.41. The summed E-state index contributed by atoms with van der Waals surface area (Å²) in [4.78, 5) is 20.6. The normalized spacial score (nSPS) is 15.0. The van der Waals surface area contributed by atoms with E-state index >= 15 is 0 Å². The van der Waals surface area contributed by atoms with Crippen LogP contribution in [0.5, 0.6) is 11.5 Å². The van der Waals surface area contributed by atoms with Crippen LogP contribution in [0.3, 0.4) is 0 Å². The predicted octanol–water partition coefficient (Wildman–Crippen LogP) is 4.92. The summed E-state index contributed by atoms with van der Waals surface area (Å²) in [6.07, 6.45) is 7.17. The number of fused-ring (bicyclic) bond motifs is 2. The Morgan fingerprint density at radius 3 is 2.74 bits per heavy atom. The zero-order valence-electron chi connectivity index (χ0n) is 17.4. The number of amides is 1.